The number of hydrogen-bond acceptors (Lipinski definition) is 3. The average Bonchev–Trinajstić information content (AvgIpc) is 3.15. The largest absolute Gasteiger partial charge is 0.344 e. The fraction of sp³-hybridized carbons (Fsp3) is 0.294. The molecule has 0 bridgehead atoms. The normalized spacial score (nSPS) is 17.1. The summed E-state index contributed by atoms with van der Waals surface area (Å²) in [6.45, 7) is 1.92. The van der Waals surface area contributed by atoms with E-state index >= 15 is 0 Å². The van der Waals surface area contributed by atoms with Crippen LogP contribution in [-0.4, -0.2) is 39.0 Å². The Kier molecular flexibility index (Phi) is 4.62. The Morgan fingerprint density at radius 2 is 2.08 bits per heavy atom. The first-order chi connectivity index (χ1) is 11.5. The van der Waals surface area contributed by atoms with E-state index in [1.807, 2.05) is 24.6 Å². The number of aromatic nitrogens is 1. The number of rotatable bonds is 3. The maximum atomic E-state index is 13.2. The van der Waals surface area contributed by atoms with Gasteiger partial charge in [0.25, 0.3) is 5.91 Å². The fourth-order valence-electron chi connectivity index (χ4n) is 2.63. The number of amides is 2. The molecule has 7 heteroatoms. The number of carbonyl (C=O) groups excluding carboxylic acids is 2. The molecule has 2 heterocycles. The molecular weight excluding hydrogens is 329 g/mol. The third-order valence-electron chi connectivity index (χ3n) is 4.13. The molecule has 1 aromatic carbocycles. The van der Waals surface area contributed by atoms with E-state index in [2.05, 4.69) is 5.32 Å². The molecule has 0 spiro atoms. The summed E-state index contributed by atoms with van der Waals surface area (Å²) >= 11 is 1.53. The van der Waals surface area contributed by atoms with E-state index in [1.54, 1.807) is 17.0 Å². The monoisotopic (exact) mass is 347 g/mol. The second kappa shape index (κ2) is 6.68. The van der Waals surface area contributed by atoms with Crippen LogP contribution < -0.4 is 5.32 Å². The Bertz CT molecular complexity index is 790. The molecule has 1 fully saturated rings. The number of halogens is 1. The highest BCUT2D eigenvalue weighted by atomic mass is 32.2. The lowest BCUT2D eigenvalue weighted by Crippen LogP contribution is -2.45. The van der Waals surface area contributed by atoms with Crippen molar-refractivity contribution in [2.45, 2.75) is 13.0 Å². The molecule has 0 saturated carbocycles. The van der Waals surface area contributed by atoms with Gasteiger partial charge >= 0.3 is 0 Å². The van der Waals surface area contributed by atoms with E-state index < -0.39 is 11.9 Å². The second-order valence-electron chi connectivity index (χ2n) is 5.71. The fourth-order valence-corrected chi connectivity index (χ4v) is 3.78. The molecule has 3 rings (SSSR count). The standard InChI is InChI=1S/C17H18FN3O2S/c1-11-6-7-14(20(11)2)17(23)21-10-24-9-15(21)16(22)19-13-5-3-4-12(18)8-13/h3-8,15H,9-10H2,1-2H3,(H,19,22). The zero-order valence-corrected chi connectivity index (χ0v) is 14.3. The minimum Gasteiger partial charge on any atom is -0.344 e. The summed E-state index contributed by atoms with van der Waals surface area (Å²) < 4.78 is 15.1. The van der Waals surface area contributed by atoms with Crippen LogP contribution in [0, 0.1) is 12.7 Å². The van der Waals surface area contributed by atoms with Crippen LogP contribution in [0.4, 0.5) is 10.1 Å². The molecule has 0 radical (unpaired) electrons. The Hall–Kier alpha value is -2.28. The highest BCUT2D eigenvalue weighted by Crippen LogP contribution is 2.25. The number of thioether (sulfide) groups is 1. The molecule has 126 valence electrons. The van der Waals surface area contributed by atoms with E-state index in [0.717, 1.165) is 5.69 Å². The van der Waals surface area contributed by atoms with Crippen LogP contribution in [0.15, 0.2) is 36.4 Å². The molecule has 1 saturated heterocycles. The van der Waals surface area contributed by atoms with Gasteiger partial charge in [0, 0.05) is 24.2 Å². The van der Waals surface area contributed by atoms with Crippen LogP contribution in [0.3, 0.4) is 0 Å². The number of hydrogen-bond donors (Lipinski definition) is 1. The van der Waals surface area contributed by atoms with Gasteiger partial charge in [0.05, 0.1) is 5.88 Å². The van der Waals surface area contributed by atoms with Gasteiger partial charge in [-0.2, -0.15) is 0 Å². The van der Waals surface area contributed by atoms with Gasteiger partial charge < -0.3 is 14.8 Å². The van der Waals surface area contributed by atoms with Gasteiger partial charge in [0.1, 0.15) is 17.6 Å². The van der Waals surface area contributed by atoms with Gasteiger partial charge in [-0.25, -0.2) is 4.39 Å². The summed E-state index contributed by atoms with van der Waals surface area (Å²) in [5.41, 5.74) is 1.92. The third kappa shape index (κ3) is 3.17. The summed E-state index contributed by atoms with van der Waals surface area (Å²) in [6.07, 6.45) is 0. The maximum Gasteiger partial charge on any atom is 0.271 e. The lowest BCUT2D eigenvalue weighted by atomic mass is 10.2. The van der Waals surface area contributed by atoms with Gasteiger partial charge in [-0.05, 0) is 37.3 Å². The summed E-state index contributed by atoms with van der Waals surface area (Å²) in [7, 11) is 1.83. The smallest absolute Gasteiger partial charge is 0.271 e. The number of aryl methyl sites for hydroxylation is 1. The topological polar surface area (TPSA) is 54.3 Å². The van der Waals surface area contributed by atoms with Crippen LogP contribution in [0.25, 0.3) is 0 Å². The molecule has 1 aliphatic heterocycles. The second-order valence-corrected chi connectivity index (χ2v) is 6.71. The molecule has 2 aromatic rings. The Morgan fingerprint density at radius 3 is 2.75 bits per heavy atom. The average molecular weight is 347 g/mol. The van der Waals surface area contributed by atoms with Crippen LogP contribution >= 0.6 is 11.8 Å². The Labute approximate surface area is 143 Å². The molecule has 1 unspecified atom stereocenters. The quantitative estimate of drug-likeness (QED) is 0.929. The number of carbonyl (C=O) groups is 2. The van der Waals surface area contributed by atoms with Crippen molar-refractivity contribution in [1.29, 1.82) is 0 Å². The highest BCUT2D eigenvalue weighted by molar-refractivity contribution is 7.99. The van der Waals surface area contributed by atoms with Gasteiger partial charge in [-0.1, -0.05) is 6.07 Å². The first-order valence-electron chi connectivity index (χ1n) is 7.55. The molecule has 1 N–H and O–H groups in total. The van der Waals surface area contributed by atoms with E-state index in [0.29, 0.717) is 23.0 Å². The Balaban J connectivity index is 1.76. The SMILES string of the molecule is Cc1ccc(C(=O)N2CSCC2C(=O)Nc2cccc(F)c2)n1C. The van der Waals surface area contributed by atoms with Gasteiger partial charge in [-0.3, -0.25) is 9.59 Å². The van der Waals surface area contributed by atoms with Crippen molar-refractivity contribution in [3.05, 3.63) is 53.6 Å². The summed E-state index contributed by atoms with van der Waals surface area (Å²) in [4.78, 5) is 26.8. The van der Waals surface area contributed by atoms with E-state index in [1.165, 1.54) is 30.0 Å². The predicted molar refractivity (Wildman–Crippen MR) is 92.5 cm³/mol. The van der Waals surface area contributed by atoms with Crippen molar-refractivity contribution < 1.29 is 14.0 Å². The van der Waals surface area contributed by atoms with Crippen molar-refractivity contribution in [2.24, 2.45) is 7.05 Å². The maximum absolute atomic E-state index is 13.2. The number of benzene rings is 1. The zero-order chi connectivity index (χ0) is 17.3. The summed E-state index contributed by atoms with van der Waals surface area (Å²) in [6, 6.07) is 8.79. The van der Waals surface area contributed by atoms with Gasteiger partial charge in [-0.15, -0.1) is 11.8 Å². The summed E-state index contributed by atoms with van der Waals surface area (Å²) in [5, 5.41) is 2.69. The lowest BCUT2D eigenvalue weighted by molar-refractivity contribution is -0.119. The molecule has 1 atom stereocenters. The summed E-state index contributed by atoms with van der Waals surface area (Å²) in [5.74, 6) is 0.0984. The van der Waals surface area contributed by atoms with Crippen LogP contribution in [-0.2, 0) is 11.8 Å². The number of nitrogens with one attached hydrogen (secondary N) is 1. The Morgan fingerprint density at radius 1 is 1.29 bits per heavy atom. The molecule has 1 aliphatic rings. The molecular formula is C17H18FN3O2S. The highest BCUT2D eigenvalue weighted by Gasteiger charge is 2.36. The van der Waals surface area contributed by atoms with Gasteiger partial charge in [0.15, 0.2) is 0 Å². The molecule has 5 nitrogen and oxygen atoms in total. The van der Waals surface area contributed by atoms with Crippen molar-refractivity contribution in [1.82, 2.24) is 9.47 Å². The van der Waals surface area contributed by atoms with Crippen molar-refractivity contribution >= 4 is 29.3 Å². The van der Waals surface area contributed by atoms with E-state index in [4.69, 9.17) is 0 Å². The molecule has 1 aromatic heterocycles. The molecule has 0 aliphatic carbocycles. The van der Waals surface area contributed by atoms with E-state index in [-0.39, 0.29) is 11.8 Å². The minimum atomic E-state index is -0.569. The predicted octanol–water partition coefficient (Wildman–Crippen LogP) is 2.63. The molecule has 24 heavy (non-hydrogen) atoms. The van der Waals surface area contributed by atoms with Crippen LogP contribution in [0.1, 0.15) is 16.2 Å². The van der Waals surface area contributed by atoms with Crippen molar-refractivity contribution in [3.63, 3.8) is 0 Å². The third-order valence-corrected chi connectivity index (χ3v) is 5.14. The van der Waals surface area contributed by atoms with Gasteiger partial charge in [0.2, 0.25) is 5.91 Å². The minimum absolute atomic E-state index is 0.171. The van der Waals surface area contributed by atoms with Crippen LogP contribution in [0.5, 0.6) is 0 Å². The first-order valence-corrected chi connectivity index (χ1v) is 8.70. The first kappa shape index (κ1) is 16.6. The lowest BCUT2D eigenvalue weighted by Gasteiger charge is -2.23. The van der Waals surface area contributed by atoms with E-state index in [9.17, 15) is 14.0 Å². The van der Waals surface area contributed by atoms with Crippen molar-refractivity contribution in [2.75, 3.05) is 16.9 Å². The number of anilines is 1. The number of nitrogens with zero attached hydrogens (tertiary/aromatic N) is 2. The molecule has 2 amide bonds. The van der Waals surface area contributed by atoms with Crippen LogP contribution in [0.2, 0.25) is 0 Å². The van der Waals surface area contributed by atoms with Crippen molar-refractivity contribution in [3.8, 4) is 0 Å². The zero-order valence-electron chi connectivity index (χ0n) is 13.5.